The van der Waals surface area contributed by atoms with Gasteiger partial charge in [-0.1, -0.05) is 60.3 Å². The average Bonchev–Trinajstić information content (AvgIpc) is 2.92. The summed E-state index contributed by atoms with van der Waals surface area (Å²) in [7, 11) is 0. The third kappa shape index (κ3) is 5.33. The van der Waals surface area contributed by atoms with Crippen LogP contribution in [0.4, 0.5) is 0 Å². The fourth-order valence-corrected chi connectivity index (χ4v) is 5.66. The number of fused-ring (bicyclic) bond motifs is 1. The summed E-state index contributed by atoms with van der Waals surface area (Å²) in [5.41, 5.74) is -0.0946. The molecule has 0 amide bonds. The second-order valence-corrected chi connectivity index (χ2v) is 10.1. The van der Waals surface area contributed by atoms with Crippen LogP contribution < -0.4 is 0 Å². The van der Waals surface area contributed by atoms with Crippen LogP contribution >= 0.6 is 11.8 Å². The molecule has 36 heavy (non-hydrogen) atoms. The standard InChI is InChI=1S/C25H30O10S/c26-11-15-21(18(28)20(30)25(33-15)36-14-9-5-2-6-10-14)35-24-19(29)17(27)22-16(32-24)12-31-23(34-22)13-7-3-1-4-8-13/h1-10,15-30H,11-12H2/t15-,16-,17-,18-,19-,20-,21-,22-,23?,24-,25+/m1/s1. The first-order valence-electron chi connectivity index (χ1n) is 11.8. The van der Waals surface area contributed by atoms with E-state index in [1.807, 2.05) is 60.7 Å². The number of benzene rings is 2. The maximum atomic E-state index is 10.8. The quantitative estimate of drug-likeness (QED) is 0.354. The Kier molecular flexibility index (Phi) is 8.25. The van der Waals surface area contributed by atoms with E-state index in [1.165, 1.54) is 11.8 Å². The Morgan fingerprint density at radius 3 is 2.19 bits per heavy atom. The van der Waals surface area contributed by atoms with E-state index >= 15 is 0 Å². The highest BCUT2D eigenvalue weighted by atomic mass is 32.2. The topological polar surface area (TPSA) is 147 Å². The molecule has 3 fully saturated rings. The maximum Gasteiger partial charge on any atom is 0.187 e. The Labute approximate surface area is 212 Å². The van der Waals surface area contributed by atoms with Crippen molar-refractivity contribution >= 4 is 11.8 Å². The summed E-state index contributed by atoms with van der Waals surface area (Å²) in [6.45, 7) is -0.442. The lowest BCUT2D eigenvalue weighted by atomic mass is 9.96. The number of hydrogen-bond donors (Lipinski definition) is 5. The summed E-state index contributed by atoms with van der Waals surface area (Å²) in [5.74, 6) is 0. The Balaban J connectivity index is 1.24. The van der Waals surface area contributed by atoms with Gasteiger partial charge in [0.25, 0.3) is 0 Å². The lowest BCUT2D eigenvalue weighted by molar-refractivity contribution is -0.377. The Morgan fingerprint density at radius 2 is 1.50 bits per heavy atom. The van der Waals surface area contributed by atoms with Gasteiger partial charge in [-0.3, -0.25) is 0 Å². The minimum Gasteiger partial charge on any atom is -0.394 e. The zero-order chi connectivity index (χ0) is 25.2. The Bertz CT molecular complexity index is 964. The molecule has 0 aromatic heterocycles. The van der Waals surface area contributed by atoms with Gasteiger partial charge in [0.2, 0.25) is 0 Å². The molecule has 3 heterocycles. The van der Waals surface area contributed by atoms with Crippen LogP contribution in [0.15, 0.2) is 65.6 Å². The second-order valence-electron chi connectivity index (χ2n) is 8.94. The minimum absolute atomic E-state index is 0.0689. The van der Waals surface area contributed by atoms with Gasteiger partial charge in [-0.15, -0.1) is 0 Å². The van der Waals surface area contributed by atoms with Crippen molar-refractivity contribution in [1.82, 2.24) is 0 Å². The Morgan fingerprint density at radius 1 is 0.806 bits per heavy atom. The molecule has 0 saturated carbocycles. The normalized spacial score (nSPS) is 41.0. The van der Waals surface area contributed by atoms with Crippen LogP contribution in [-0.4, -0.2) is 99.3 Å². The number of rotatable bonds is 6. The maximum absolute atomic E-state index is 10.8. The van der Waals surface area contributed by atoms with Crippen molar-refractivity contribution in [2.45, 2.75) is 71.7 Å². The first kappa shape index (κ1) is 26.0. The molecule has 2 aromatic carbocycles. The molecular weight excluding hydrogens is 492 g/mol. The van der Waals surface area contributed by atoms with E-state index in [4.69, 9.17) is 23.7 Å². The summed E-state index contributed by atoms with van der Waals surface area (Å²) in [6.07, 6.45) is -11.7. The monoisotopic (exact) mass is 522 g/mol. The van der Waals surface area contributed by atoms with Gasteiger partial charge in [-0.2, -0.15) is 0 Å². The Hall–Kier alpha value is -1.61. The van der Waals surface area contributed by atoms with Crippen LogP contribution in [0.3, 0.4) is 0 Å². The first-order valence-corrected chi connectivity index (χ1v) is 12.7. The number of hydrogen-bond acceptors (Lipinski definition) is 11. The average molecular weight is 523 g/mol. The van der Waals surface area contributed by atoms with E-state index in [0.29, 0.717) is 0 Å². The predicted molar refractivity (Wildman–Crippen MR) is 126 cm³/mol. The highest BCUT2D eigenvalue weighted by Gasteiger charge is 2.52. The molecule has 0 spiro atoms. The van der Waals surface area contributed by atoms with Crippen LogP contribution in [0, 0.1) is 0 Å². The van der Waals surface area contributed by atoms with E-state index in [2.05, 4.69) is 0 Å². The highest BCUT2D eigenvalue weighted by molar-refractivity contribution is 7.99. The lowest BCUT2D eigenvalue weighted by Gasteiger charge is -2.48. The molecule has 1 unspecified atom stereocenters. The third-order valence-corrected chi connectivity index (χ3v) is 7.68. The van der Waals surface area contributed by atoms with Crippen LogP contribution in [0.25, 0.3) is 0 Å². The van der Waals surface area contributed by atoms with Crippen LogP contribution in [0.1, 0.15) is 11.9 Å². The molecule has 3 aliphatic rings. The first-order chi connectivity index (χ1) is 17.5. The van der Waals surface area contributed by atoms with Crippen molar-refractivity contribution in [1.29, 1.82) is 0 Å². The van der Waals surface area contributed by atoms with Crippen LogP contribution in [0.5, 0.6) is 0 Å². The van der Waals surface area contributed by atoms with E-state index in [9.17, 15) is 25.5 Å². The molecule has 196 valence electrons. The minimum atomic E-state index is -1.53. The molecule has 3 saturated heterocycles. The predicted octanol–water partition coefficient (Wildman–Crippen LogP) is 0.164. The number of aliphatic hydroxyl groups is 5. The number of aliphatic hydroxyl groups excluding tert-OH is 5. The molecule has 5 rings (SSSR count). The zero-order valence-corrected chi connectivity index (χ0v) is 20.0. The van der Waals surface area contributed by atoms with E-state index in [1.54, 1.807) is 0 Å². The van der Waals surface area contributed by atoms with Crippen molar-refractivity contribution in [2.24, 2.45) is 0 Å². The van der Waals surface area contributed by atoms with Gasteiger partial charge in [0, 0.05) is 10.5 Å². The number of ether oxygens (including phenoxy) is 5. The van der Waals surface area contributed by atoms with E-state index in [0.717, 1.165) is 10.5 Å². The largest absolute Gasteiger partial charge is 0.394 e. The molecule has 11 heteroatoms. The summed E-state index contributed by atoms with van der Waals surface area (Å²) in [5, 5.41) is 53.0. The number of thioether (sulfide) groups is 1. The van der Waals surface area contributed by atoms with E-state index in [-0.39, 0.29) is 6.61 Å². The van der Waals surface area contributed by atoms with Gasteiger partial charge in [0.05, 0.1) is 13.2 Å². The van der Waals surface area contributed by atoms with Gasteiger partial charge in [-0.25, -0.2) is 0 Å². The van der Waals surface area contributed by atoms with Gasteiger partial charge in [0.1, 0.15) is 54.3 Å². The molecule has 2 aromatic rings. The summed E-state index contributed by atoms with van der Waals surface area (Å²) in [4.78, 5) is 0.816. The highest BCUT2D eigenvalue weighted by Crippen LogP contribution is 2.38. The van der Waals surface area contributed by atoms with Gasteiger partial charge in [0.15, 0.2) is 12.6 Å². The molecule has 0 aliphatic carbocycles. The molecule has 11 atom stereocenters. The lowest BCUT2D eigenvalue weighted by Crippen LogP contribution is -2.65. The molecule has 0 bridgehead atoms. The smallest absolute Gasteiger partial charge is 0.187 e. The third-order valence-electron chi connectivity index (χ3n) is 6.51. The SMILES string of the molecule is OC[C@H]1O[C@@H](Sc2ccccc2)[C@H](O)[C@@H](O)[C@@H]1O[C@H]1O[C@@H]2COC(c3ccccc3)O[C@H]2[C@H](O)[C@H]1O. The van der Waals surface area contributed by atoms with Crippen molar-refractivity contribution < 1.29 is 49.2 Å². The van der Waals surface area contributed by atoms with Crippen molar-refractivity contribution in [3.63, 3.8) is 0 Å². The second kappa shape index (κ2) is 11.4. The van der Waals surface area contributed by atoms with Gasteiger partial charge in [-0.05, 0) is 12.1 Å². The van der Waals surface area contributed by atoms with Gasteiger partial charge < -0.3 is 49.2 Å². The van der Waals surface area contributed by atoms with Crippen molar-refractivity contribution in [2.75, 3.05) is 13.2 Å². The zero-order valence-electron chi connectivity index (χ0n) is 19.2. The summed E-state index contributed by atoms with van der Waals surface area (Å²) in [6, 6.07) is 18.4. The van der Waals surface area contributed by atoms with E-state index < -0.39 is 73.5 Å². The fraction of sp³-hybridized carbons (Fsp3) is 0.520. The van der Waals surface area contributed by atoms with Crippen LogP contribution in [-0.2, 0) is 23.7 Å². The summed E-state index contributed by atoms with van der Waals surface area (Å²) < 4.78 is 29.1. The summed E-state index contributed by atoms with van der Waals surface area (Å²) >= 11 is 1.21. The van der Waals surface area contributed by atoms with Crippen LogP contribution in [0.2, 0.25) is 0 Å². The molecule has 0 radical (unpaired) electrons. The van der Waals surface area contributed by atoms with Gasteiger partial charge >= 0.3 is 0 Å². The molecular formula is C25H30O10S. The fourth-order valence-electron chi connectivity index (χ4n) is 4.58. The molecule has 5 N–H and O–H groups in total. The molecule has 3 aliphatic heterocycles. The van der Waals surface area contributed by atoms with Crippen molar-refractivity contribution in [3.8, 4) is 0 Å². The van der Waals surface area contributed by atoms with Crippen molar-refractivity contribution in [3.05, 3.63) is 66.2 Å². The molecule has 10 nitrogen and oxygen atoms in total.